The molecule has 1 amide bonds. The van der Waals surface area contributed by atoms with E-state index in [0.717, 1.165) is 15.4 Å². The van der Waals surface area contributed by atoms with Gasteiger partial charge in [0, 0.05) is 32.7 Å². The molecular weight excluding hydrogens is 478 g/mol. The van der Waals surface area contributed by atoms with Crippen LogP contribution < -0.4 is 10.0 Å². The first kappa shape index (κ1) is 19.6. The normalized spacial score (nSPS) is 11.5. The van der Waals surface area contributed by atoms with Gasteiger partial charge in [-0.1, -0.05) is 15.9 Å². The number of nitrogens with one attached hydrogen (secondary N) is 2. The summed E-state index contributed by atoms with van der Waals surface area (Å²) in [5.74, 6) is -0.232. The van der Waals surface area contributed by atoms with Crippen LogP contribution in [0, 0.1) is 0 Å². The number of anilines is 2. The lowest BCUT2D eigenvalue weighted by molar-refractivity contribution is -0.115. The van der Waals surface area contributed by atoms with E-state index in [-0.39, 0.29) is 17.2 Å². The Kier molecular flexibility index (Phi) is 5.39. The van der Waals surface area contributed by atoms with E-state index in [1.807, 2.05) is 18.2 Å². The molecule has 29 heavy (non-hydrogen) atoms. The molecule has 10 heteroatoms. The molecule has 0 bridgehead atoms. The van der Waals surface area contributed by atoms with Crippen molar-refractivity contribution < 1.29 is 17.6 Å². The Morgan fingerprint density at radius 1 is 1.17 bits per heavy atom. The number of fused-ring (bicyclic) bond motifs is 1. The average molecular weight is 492 g/mol. The SMILES string of the molecule is O=C(Cc1coc2ccc(Br)cc12)Nc1ccc(S(=O)(=O)Nc2nccs2)cc1. The van der Waals surface area contributed by atoms with Crippen LogP contribution in [0.1, 0.15) is 5.56 Å². The number of furan rings is 1. The molecule has 7 nitrogen and oxygen atoms in total. The fourth-order valence-electron chi connectivity index (χ4n) is 2.73. The van der Waals surface area contributed by atoms with E-state index >= 15 is 0 Å². The molecule has 0 saturated carbocycles. The minimum atomic E-state index is -3.73. The second-order valence-corrected chi connectivity index (χ2v) is 9.59. The van der Waals surface area contributed by atoms with Gasteiger partial charge in [0.1, 0.15) is 5.58 Å². The molecule has 0 radical (unpaired) electrons. The Morgan fingerprint density at radius 2 is 1.97 bits per heavy atom. The van der Waals surface area contributed by atoms with E-state index in [0.29, 0.717) is 16.4 Å². The average Bonchev–Trinajstić information content (AvgIpc) is 3.32. The summed E-state index contributed by atoms with van der Waals surface area (Å²) in [7, 11) is -3.73. The third-order valence-electron chi connectivity index (χ3n) is 4.07. The predicted octanol–water partition coefficient (Wildman–Crippen LogP) is 4.63. The molecule has 0 fully saturated rings. The lowest BCUT2D eigenvalue weighted by Gasteiger charge is -2.08. The van der Waals surface area contributed by atoms with E-state index in [2.05, 4.69) is 31.0 Å². The van der Waals surface area contributed by atoms with Crippen molar-refractivity contribution in [1.82, 2.24) is 4.98 Å². The van der Waals surface area contributed by atoms with Gasteiger partial charge >= 0.3 is 0 Å². The maximum Gasteiger partial charge on any atom is 0.263 e. The monoisotopic (exact) mass is 491 g/mol. The maximum absolute atomic E-state index is 12.4. The van der Waals surface area contributed by atoms with Gasteiger partial charge in [-0.05, 0) is 42.5 Å². The highest BCUT2D eigenvalue weighted by Gasteiger charge is 2.16. The molecule has 0 atom stereocenters. The van der Waals surface area contributed by atoms with Gasteiger partial charge in [0.15, 0.2) is 5.13 Å². The Morgan fingerprint density at radius 3 is 2.69 bits per heavy atom. The molecular formula is C19H14BrN3O4S2. The lowest BCUT2D eigenvalue weighted by Crippen LogP contribution is -2.15. The fourth-order valence-corrected chi connectivity index (χ4v) is 4.88. The first-order valence-corrected chi connectivity index (χ1v) is 11.5. The summed E-state index contributed by atoms with van der Waals surface area (Å²) >= 11 is 4.60. The van der Waals surface area contributed by atoms with Crippen LogP contribution in [0.15, 0.2) is 74.1 Å². The molecule has 2 aromatic heterocycles. The fraction of sp³-hybridized carbons (Fsp3) is 0.0526. The molecule has 0 spiro atoms. The molecule has 148 valence electrons. The maximum atomic E-state index is 12.4. The van der Waals surface area contributed by atoms with Crippen molar-refractivity contribution in [2.24, 2.45) is 0 Å². The molecule has 0 aliphatic rings. The predicted molar refractivity (Wildman–Crippen MR) is 116 cm³/mol. The van der Waals surface area contributed by atoms with E-state index in [1.54, 1.807) is 23.8 Å². The molecule has 2 aromatic carbocycles. The Labute approximate surface area is 179 Å². The van der Waals surface area contributed by atoms with Crippen molar-refractivity contribution >= 4 is 65.0 Å². The van der Waals surface area contributed by atoms with Crippen molar-refractivity contribution in [2.75, 3.05) is 10.0 Å². The van der Waals surface area contributed by atoms with E-state index in [1.165, 1.54) is 29.7 Å². The smallest absolute Gasteiger partial charge is 0.263 e. The number of carbonyl (C=O) groups excluding carboxylic acids is 1. The zero-order valence-electron chi connectivity index (χ0n) is 14.8. The van der Waals surface area contributed by atoms with E-state index in [9.17, 15) is 13.2 Å². The van der Waals surface area contributed by atoms with Gasteiger partial charge in [-0.2, -0.15) is 0 Å². The summed E-state index contributed by atoms with van der Waals surface area (Å²) in [6.45, 7) is 0. The Hall–Kier alpha value is -2.69. The van der Waals surface area contributed by atoms with Crippen LogP contribution in [0.5, 0.6) is 0 Å². The topological polar surface area (TPSA) is 101 Å². The first-order chi connectivity index (χ1) is 13.9. The third kappa shape index (κ3) is 4.50. The number of nitrogens with zero attached hydrogens (tertiary/aromatic N) is 1. The number of amides is 1. The molecule has 0 aliphatic heterocycles. The van der Waals surface area contributed by atoms with Gasteiger partial charge < -0.3 is 9.73 Å². The van der Waals surface area contributed by atoms with Crippen LogP contribution in [-0.2, 0) is 21.2 Å². The third-order valence-corrected chi connectivity index (χ3v) is 6.73. The van der Waals surface area contributed by atoms with Crippen LogP contribution in [0.3, 0.4) is 0 Å². The number of thiazole rings is 1. The van der Waals surface area contributed by atoms with Gasteiger partial charge in [0.05, 0.1) is 17.6 Å². The minimum Gasteiger partial charge on any atom is -0.464 e. The molecule has 2 N–H and O–H groups in total. The highest BCUT2D eigenvalue weighted by molar-refractivity contribution is 9.10. The van der Waals surface area contributed by atoms with Crippen LogP contribution >= 0.6 is 27.3 Å². The number of halogens is 1. The highest BCUT2D eigenvalue weighted by Crippen LogP contribution is 2.26. The highest BCUT2D eigenvalue weighted by atomic mass is 79.9. The van der Waals surface area contributed by atoms with Crippen LogP contribution in [0.25, 0.3) is 11.0 Å². The zero-order valence-corrected chi connectivity index (χ0v) is 18.0. The summed E-state index contributed by atoms with van der Waals surface area (Å²) in [4.78, 5) is 16.4. The zero-order chi connectivity index (χ0) is 20.4. The molecule has 4 rings (SSSR count). The summed E-state index contributed by atoms with van der Waals surface area (Å²) < 4.78 is 33.5. The number of carbonyl (C=O) groups is 1. The standard InChI is InChI=1S/C19H14BrN3O4S2/c20-13-1-6-17-16(10-13)12(11-27-17)9-18(24)22-14-2-4-15(5-3-14)29(25,26)23-19-21-7-8-28-19/h1-8,10-11H,9H2,(H,21,23)(H,22,24). The van der Waals surface area contributed by atoms with Crippen molar-refractivity contribution in [3.8, 4) is 0 Å². The number of hydrogen-bond acceptors (Lipinski definition) is 6. The summed E-state index contributed by atoms with van der Waals surface area (Å²) in [6.07, 6.45) is 3.22. The summed E-state index contributed by atoms with van der Waals surface area (Å²) in [5.41, 5.74) is 1.97. The van der Waals surface area contributed by atoms with Crippen molar-refractivity contribution in [1.29, 1.82) is 0 Å². The van der Waals surface area contributed by atoms with Gasteiger partial charge in [-0.3, -0.25) is 9.52 Å². The Balaban J connectivity index is 1.44. The second kappa shape index (κ2) is 7.97. The number of hydrogen-bond donors (Lipinski definition) is 2. The largest absolute Gasteiger partial charge is 0.464 e. The number of sulfonamides is 1. The molecule has 0 aliphatic carbocycles. The second-order valence-electron chi connectivity index (χ2n) is 6.09. The Bertz CT molecular complexity index is 1270. The van der Waals surface area contributed by atoms with Crippen molar-refractivity contribution in [3.05, 3.63) is 70.3 Å². The summed E-state index contributed by atoms with van der Waals surface area (Å²) in [6, 6.07) is 11.5. The van der Waals surface area contributed by atoms with Gasteiger partial charge in [0.25, 0.3) is 10.0 Å². The van der Waals surface area contributed by atoms with Crippen LogP contribution in [0.4, 0.5) is 10.8 Å². The first-order valence-electron chi connectivity index (χ1n) is 8.38. The van der Waals surface area contributed by atoms with E-state index < -0.39 is 10.0 Å². The molecule has 0 unspecified atom stereocenters. The van der Waals surface area contributed by atoms with Crippen molar-refractivity contribution in [3.63, 3.8) is 0 Å². The number of rotatable bonds is 6. The van der Waals surface area contributed by atoms with E-state index in [4.69, 9.17) is 4.42 Å². The quantitative estimate of drug-likeness (QED) is 0.409. The summed E-state index contributed by atoms with van der Waals surface area (Å²) in [5, 5.41) is 5.60. The van der Waals surface area contributed by atoms with Gasteiger partial charge in [-0.25, -0.2) is 13.4 Å². The lowest BCUT2D eigenvalue weighted by atomic mass is 10.1. The number of benzene rings is 2. The molecule has 2 heterocycles. The van der Waals surface area contributed by atoms with Crippen molar-refractivity contribution in [2.45, 2.75) is 11.3 Å². The van der Waals surface area contributed by atoms with Crippen LogP contribution in [0.2, 0.25) is 0 Å². The van der Waals surface area contributed by atoms with Crippen LogP contribution in [-0.4, -0.2) is 19.3 Å². The molecule has 0 saturated heterocycles. The molecule has 4 aromatic rings. The van der Waals surface area contributed by atoms with Gasteiger partial charge in [-0.15, -0.1) is 11.3 Å². The number of aromatic nitrogens is 1. The van der Waals surface area contributed by atoms with Gasteiger partial charge in [0.2, 0.25) is 5.91 Å². The minimum absolute atomic E-state index is 0.0800.